The van der Waals surface area contributed by atoms with E-state index in [1.807, 2.05) is 12.1 Å². The van der Waals surface area contributed by atoms with Gasteiger partial charge in [-0.15, -0.1) is 0 Å². The molecule has 1 aliphatic rings. The minimum atomic E-state index is 0.285. The number of nitrogens with zero attached hydrogens (tertiary/aromatic N) is 1. The van der Waals surface area contributed by atoms with Crippen LogP contribution < -0.4 is 0 Å². The zero-order chi connectivity index (χ0) is 12.4. The highest BCUT2D eigenvalue weighted by Gasteiger charge is 2.19. The Labute approximate surface area is 106 Å². The Balaban J connectivity index is 1.84. The van der Waals surface area contributed by atoms with Crippen LogP contribution in [0.4, 0.5) is 0 Å². The molecule has 0 bridgehead atoms. The van der Waals surface area contributed by atoms with Crippen LogP contribution in [0.1, 0.15) is 31.4 Å². The van der Waals surface area contributed by atoms with Crippen molar-refractivity contribution in [3.8, 4) is 16.9 Å². The lowest BCUT2D eigenvalue weighted by Gasteiger charge is -2.07. The first-order chi connectivity index (χ1) is 8.83. The van der Waals surface area contributed by atoms with Crippen LogP contribution in [0.25, 0.3) is 11.1 Å². The summed E-state index contributed by atoms with van der Waals surface area (Å²) in [5.74, 6) is 1.04. The molecule has 0 atom stereocenters. The van der Waals surface area contributed by atoms with Gasteiger partial charge in [0.15, 0.2) is 0 Å². The first-order valence-corrected chi connectivity index (χ1v) is 6.55. The van der Waals surface area contributed by atoms with E-state index in [-0.39, 0.29) is 5.75 Å². The summed E-state index contributed by atoms with van der Waals surface area (Å²) < 4.78 is 5.13. The third-order valence-corrected chi connectivity index (χ3v) is 3.78. The molecule has 0 radical (unpaired) electrons. The molecule has 1 aromatic heterocycles. The molecule has 0 amide bonds. The molecule has 1 fully saturated rings. The molecule has 0 aliphatic heterocycles. The maximum absolute atomic E-state index is 9.31. The monoisotopic (exact) mass is 243 g/mol. The normalized spacial score (nSPS) is 16.2. The zero-order valence-corrected chi connectivity index (χ0v) is 10.3. The van der Waals surface area contributed by atoms with E-state index in [0.717, 1.165) is 29.2 Å². The number of hydrogen-bond acceptors (Lipinski definition) is 3. The number of aromatic nitrogens is 1. The smallest absolute Gasteiger partial charge is 0.131 e. The van der Waals surface area contributed by atoms with Crippen LogP contribution in [-0.2, 0) is 6.42 Å². The van der Waals surface area contributed by atoms with E-state index in [4.69, 9.17) is 4.52 Å². The van der Waals surface area contributed by atoms with Crippen molar-refractivity contribution in [3.63, 3.8) is 0 Å². The predicted molar refractivity (Wildman–Crippen MR) is 69.3 cm³/mol. The van der Waals surface area contributed by atoms with Crippen molar-refractivity contribution in [1.82, 2.24) is 5.16 Å². The van der Waals surface area contributed by atoms with Crippen molar-refractivity contribution >= 4 is 0 Å². The molecule has 3 heteroatoms. The third kappa shape index (κ3) is 2.26. The van der Waals surface area contributed by atoms with Crippen molar-refractivity contribution < 1.29 is 9.63 Å². The fourth-order valence-corrected chi connectivity index (χ4v) is 2.77. The Bertz CT molecular complexity index is 510. The Kier molecular flexibility index (Phi) is 3.05. The van der Waals surface area contributed by atoms with Crippen LogP contribution in [0, 0.1) is 5.92 Å². The molecule has 1 aromatic carbocycles. The maximum atomic E-state index is 9.31. The molecule has 1 saturated carbocycles. The first-order valence-electron chi connectivity index (χ1n) is 6.55. The van der Waals surface area contributed by atoms with Crippen molar-refractivity contribution in [2.45, 2.75) is 32.1 Å². The molecule has 0 spiro atoms. The van der Waals surface area contributed by atoms with E-state index in [9.17, 15) is 5.11 Å². The highest BCUT2D eigenvalue weighted by molar-refractivity contribution is 5.65. The van der Waals surface area contributed by atoms with Gasteiger partial charge < -0.3 is 9.63 Å². The Morgan fingerprint density at radius 1 is 1.17 bits per heavy atom. The lowest BCUT2D eigenvalue weighted by molar-refractivity contribution is 0.403. The fourth-order valence-electron chi connectivity index (χ4n) is 2.77. The summed E-state index contributed by atoms with van der Waals surface area (Å²) in [6, 6.07) is 7.20. The van der Waals surface area contributed by atoms with Gasteiger partial charge in [-0.05, 0) is 30.0 Å². The van der Waals surface area contributed by atoms with Gasteiger partial charge in [0.2, 0.25) is 0 Å². The molecule has 1 aliphatic carbocycles. The van der Waals surface area contributed by atoms with E-state index in [1.54, 1.807) is 18.4 Å². The van der Waals surface area contributed by atoms with Gasteiger partial charge in [-0.3, -0.25) is 0 Å². The van der Waals surface area contributed by atoms with Crippen molar-refractivity contribution in [2.75, 3.05) is 0 Å². The quantitative estimate of drug-likeness (QED) is 0.892. The van der Waals surface area contributed by atoms with Crippen molar-refractivity contribution in [3.05, 3.63) is 36.2 Å². The fraction of sp³-hybridized carbons (Fsp3) is 0.400. The molecule has 2 aromatic rings. The number of phenolic OH excluding ortho intramolecular Hbond substituents is 1. The maximum Gasteiger partial charge on any atom is 0.131 e. The molecule has 3 rings (SSSR count). The van der Waals surface area contributed by atoms with Gasteiger partial charge in [-0.2, -0.15) is 0 Å². The van der Waals surface area contributed by atoms with Gasteiger partial charge >= 0.3 is 0 Å². The summed E-state index contributed by atoms with van der Waals surface area (Å²) in [5, 5.41) is 13.5. The molecule has 94 valence electrons. The molecule has 1 heterocycles. The van der Waals surface area contributed by atoms with Gasteiger partial charge in [0, 0.05) is 5.56 Å². The Morgan fingerprint density at radius 3 is 2.61 bits per heavy atom. The minimum absolute atomic E-state index is 0.285. The second-order valence-electron chi connectivity index (χ2n) is 5.08. The first kappa shape index (κ1) is 11.3. The molecular formula is C15H17NO2. The summed E-state index contributed by atoms with van der Waals surface area (Å²) in [5.41, 5.74) is 3.16. The van der Waals surface area contributed by atoms with Crippen molar-refractivity contribution in [1.29, 1.82) is 0 Å². The van der Waals surface area contributed by atoms with Crippen LogP contribution in [0.3, 0.4) is 0 Å². The van der Waals surface area contributed by atoms with E-state index in [2.05, 4.69) is 5.16 Å². The molecule has 18 heavy (non-hydrogen) atoms. The largest absolute Gasteiger partial charge is 0.508 e. The minimum Gasteiger partial charge on any atom is -0.508 e. The predicted octanol–water partition coefficient (Wildman–Crippen LogP) is 3.78. The van der Waals surface area contributed by atoms with Crippen LogP contribution in [0.2, 0.25) is 0 Å². The number of rotatable bonds is 3. The molecule has 0 unspecified atom stereocenters. The number of phenols is 1. The van der Waals surface area contributed by atoms with Gasteiger partial charge in [0.25, 0.3) is 0 Å². The summed E-state index contributed by atoms with van der Waals surface area (Å²) in [6.07, 6.45) is 8.02. The lowest BCUT2D eigenvalue weighted by atomic mass is 9.97. The second-order valence-corrected chi connectivity index (χ2v) is 5.08. The van der Waals surface area contributed by atoms with Gasteiger partial charge in [0.05, 0.1) is 5.69 Å². The summed E-state index contributed by atoms with van der Waals surface area (Å²) in [7, 11) is 0. The molecule has 3 nitrogen and oxygen atoms in total. The highest BCUT2D eigenvalue weighted by Crippen LogP contribution is 2.32. The topological polar surface area (TPSA) is 46.3 Å². The highest BCUT2D eigenvalue weighted by atomic mass is 16.5. The lowest BCUT2D eigenvalue weighted by Crippen LogP contribution is -2.00. The standard InChI is InChI=1S/C15H17NO2/c17-13-7-5-12(6-8-13)14-10-18-16-15(14)9-11-3-1-2-4-11/h5-8,10-11,17H,1-4,9H2. The average molecular weight is 243 g/mol. The van der Waals surface area contributed by atoms with E-state index >= 15 is 0 Å². The second kappa shape index (κ2) is 4.84. The Hall–Kier alpha value is -1.77. The van der Waals surface area contributed by atoms with Crippen LogP contribution in [0.5, 0.6) is 5.75 Å². The zero-order valence-electron chi connectivity index (χ0n) is 10.3. The van der Waals surface area contributed by atoms with E-state index in [1.165, 1.54) is 25.7 Å². The van der Waals surface area contributed by atoms with Gasteiger partial charge in [0.1, 0.15) is 12.0 Å². The Morgan fingerprint density at radius 2 is 1.89 bits per heavy atom. The number of benzene rings is 1. The SMILES string of the molecule is Oc1ccc(-c2conc2CC2CCCC2)cc1. The number of hydrogen-bond donors (Lipinski definition) is 1. The van der Waals surface area contributed by atoms with E-state index < -0.39 is 0 Å². The number of aromatic hydroxyl groups is 1. The molecule has 1 N–H and O–H groups in total. The summed E-state index contributed by atoms with van der Waals surface area (Å²) in [6.45, 7) is 0. The van der Waals surface area contributed by atoms with Gasteiger partial charge in [-0.1, -0.05) is 43.0 Å². The summed E-state index contributed by atoms with van der Waals surface area (Å²) in [4.78, 5) is 0. The van der Waals surface area contributed by atoms with Crippen LogP contribution in [0.15, 0.2) is 35.1 Å². The third-order valence-electron chi connectivity index (χ3n) is 3.78. The molecular weight excluding hydrogens is 226 g/mol. The van der Waals surface area contributed by atoms with Crippen molar-refractivity contribution in [2.24, 2.45) is 5.92 Å². The molecule has 0 saturated heterocycles. The van der Waals surface area contributed by atoms with E-state index in [0.29, 0.717) is 0 Å². The summed E-state index contributed by atoms with van der Waals surface area (Å²) >= 11 is 0. The van der Waals surface area contributed by atoms with Crippen LogP contribution in [-0.4, -0.2) is 10.3 Å². The average Bonchev–Trinajstić information content (AvgIpc) is 3.02. The van der Waals surface area contributed by atoms with Crippen LogP contribution >= 0.6 is 0 Å². The van der Waals surface area contributed by atoms with Gasteiger partial charge in [-0.25, -0.2) is 0 Å².